The number of ether oxygens (including phenoxy) is 1. The summed E-state index contributed by atoms with van der Waals surface area (Å²) in [6.07, 6.45) is 7.54. The zero-order chi connectivity index (χ0) is 25.4. The van der Waals surface area contributed by atoms with Crippen LogP contribution in [0.1, 0.15) is 30.7 Å². The molecule has 0 spiro atoms. The molecule has 6 nitrogen and oxygen atoms in total. The van der Waals surface area contributed by atoms with Gasteiger partial charge in [0.05, 0.1) is 18.6 Å². The Morgan fingerprint density at radius 1 is 1.14 bits per heavy atom. The molecule has 1 aromatic carbocycles. The zero-order valence-corrected chi connectivity index (χ0v) is 22.3. The predicted octanol–water partition coefficient (Wildman–Crippen LogP) is 3.82. The lowest BCUT2D eigenvalue weighted by molar-refractivity contribution is 0.0803. The van der Waals surface area contributed by atoms with Crippen molar-refractivity contribution in [3.63, 3.8) is 0 Å². The molecule has 37 heavy (non-hydrogen) atoms. The minimum Gasteiger partial charge on any atom is -0.496 e. The molecule has 2 fully saturated rings. The van der Waals surface area contributed by atoms with Crippen molar-refractivity contribution >= 4 is 17.9 Å². The Morgan fingerprint density at radius 2 is 1.92 bits per heavy atom. The normalized spacial score (nSPS) is 28.1. The molecule has 4 heterocycles. The summed E-state index contributed by atoms with van der Waals surface area (Å²) in [7, 11) is 0. The molecule has 0 bridgehead atoms. The Kier molecular flexibility index (Phi) is 6.82. The first-order valence-corrected chi connectivity index (χ1v) is 13.9. The number of rotatable bonds is 7. The molecule has 1 N–H and O–H groups in total. The molecule has 3 aliphatic heterocycles. The Labute approximate surface area is 220 Å². The van der Waals surface area contributed by atoms with Gasteiger partial charge in [-0.25, -0.2) is 0 Å². The maximum atomic E-state index is 9.42. The molecular formula is C31H40N4O2. The van der Waals surface area contributed by atoms with Crippen molar-refractivity contribution in [3.8, 4) is 0 Å². The number of aromatic nitrogens is 1. The number of benzene rings is 1. The van der Waals surface area contributed by atoms with Gasteiger partial charge in [-0.05, 0) is 37.5 Å². The van der Waals surface area contributed by atoms with E-state index in [9.17, 15) is 5.11 Å². The van der Waals surface area contributed by atoms with Crippen molar-refractivity contribution in [2.75, 3.05) is 59.0 Å². The van der Waals surface area contributed by atoms with Gasteiger partial charge < -0.3 is 19.3 Å². The molecule has 6 rings (SSSR count). The van der Waals surface area contributed by atoms with Gasteiger partial charge in [-0.1, -0.05) is 42.0 Å². The molecule has 0 saturated carbocycles. The highest BCUT2D eigenvalue weighted by atomic mass is 16.5. The lowest BCUT2D eigenvalue weighted by Crippen LogP contribution is -2.51. The van der Waals surface area contributed by atoms with Crippen molar-refractivity contribution < 1.29 is 9.84 Å². The summed E-state index contributed by atoms with van der Waals surface area (Å²) in [5.74, 6) is 2.01. The van der Waals surface area contributed by atoms with E-state index in [-0.39, 0.29) is 12.0 Å². The lowest BCUT2D eigenvalue weighted by Gasteiger charge is -2.44. The predicted molar refractivity (Wildman–Crippen MR) is 150 cm³/mol. The first kappa shape index (κ1) is 24.7. The quantitative estimate of drug-likeness (QED) is 0.628. The van der Waals surface area contributed by atoms with Crippen LogP contribution in [0.25, 0.3) is 12.2 Å². The average molecular weight is 501 g/mol. The summed E-state index contributed by atoms with van der Waals surface area (Å²) >= 11 is 0. The van der Waals surface area contributed by atoms with Gasteiger partial charge in [0, 0.05) is 87.9 Å². The van der Waals surface area contributed by atoms with E-state index in [1.54, 1.807) is 0 Å². The molecule has 1 aliphatic carbocycles. The molecule has 0 amide bonds. The number of nitrogens with zero attached hydrogens (tertiary/aromatic N) is 4. The number of hydrogen-bond acceptors (Lipinski definition) is 5. The van der Waals surface area contributed by atoms with Crippen LogP contribution in [0.3, 0.4) is 0 Å². The van der Waals surface area contributed by atoms with Gasteiger partial charge in [0.2, 0.25) is 0 Å². The van der Waals surface area contributed by atoms with Crippen molar-refractivity contribution in [2.24, 2.45) is 22.2 Å². The van der Waals surface area contributed by atoms with E-state index in [2.05, 4.69) is 83.0 Å². The monoisotopic (exact) mass is 500 g/mol. The molecule has 2 saturated heterocycles. The molecule has 2 aromatic rings. The van der Waals surface area contributed by atoms with E-state index in [1.165, 1.54) is 28.1 Å². The molecular weight excluding hydrogens is 460 g/mol. The number of allylic oxidation sites excluding steroid dienone is 1. The maximum Gasteiger partial charge on any atom is 0.110 e. The molecule has 3 atom stereocenters. The van der Waals surface area contributed by atoms with Crippen molar-refractivity contribution in [3.05, 3.63) is 70.7 Å². The van der Waals surface area contributed by atoms with Gasteiger partial charge in [0.1, 0.15) is 5.76 Å². The van der Waals surface area contributed by atoms with Gasteiger partial charge in [0.25, 0.3) is 0 Å². The van der Waals surface area contributed by atoms with E-state index >= 15 is 0 Å². The number of fused-ring (bicyclic) bond motifs is 4. The van der Waals surface area contributed by atoms with Crippen LogP contribution in [-0.2, 0) is 17.7 Å². The SMILES string of the molecule is C/C(=C\c1ccccc1)CN1CCN(CC2CN=C3C2COC2=Cc4c(ccn4CCO)CC23C)CC1. The Balaban J connectivity index is 1.05. The highest BCUT2D eigenvalue weighted by Gasteiger charge is 2.51. The van der Waals surface area contributed by atoms with Crippen molar-refractivity contribution in [1.29, 1.82) is 0 Å². The minimum atomic E-state index is -0.141. The summed E-state index contributed by atoms with van der Waals surface area (Å²) < 4.78 is 8.59. The van der Waals surface area contributed by atoms with Gasteiger partial charge in [-0.2, -0.15) is 0 Å². The molecule has 6 heteroatoms. The van der Waals surface area contributed by atoms with Crippen LogP contribution >= 0.6 is 0 Å². The second-order valence-corrected chi connectivity index (χ2v) is 11.5. The van der Waals surface area contributed by atoms with Crippen LogP contribution in [0, 0.1) is 17.3 Å². The summed E-state index contributed by atoms with van der Waals surface area (Å²) in [4.78, 5) is 10.4. The van der Waals surface area contributed by atoms with Crippen LogP contribution in [-0.4, -0.2) is 84.2 Å². The second kappa shape index (κ2) is 10.2. The molecule has 196 valence electrons. The number of piperazine rings is 1. The summed E-state index contributed by atoms with van der Waals surface area (Å²) in [6.45, 7) is 13.7. The van der Waals surface area contributed by atoms with Gasteiger partial charge in [-0.15, -0.1) is 0 Å². The van der Waals surface area contributed by atoms with Crippen LogP contribution < -0.4 is 0 Å². The number of hydrogen-bond donors (Lipinski definition) is 1. The second-order valence-electron chi connectivity index (χ2n) is 11.5. The maximum absolute atomic E-state index is 9.42. The third kappa shape index (κ3) is 4.83. The largest absolute Gasteiger partial charge is 0.496 e. The smallest absolute Gasteiger partial charge is 0.110 e. The number of aliphatic hydroxyl groups excluding tert-OH is 1. The molecule has 1 aromatic heterocycles. The van der Waals surface area contributed by atoms with Crippen molar-refractivity contribution in [2.45, 2.75) is 26.8 Å². The topological polar surface area (TPSA) is 53.2 Å². The van der Waals surface area contributed by atoms with Gasteiger partial charge in [-0.3, -0.25) is 9.89 Å². The van der Waals surface area contributed by atoms with E-state index in [1.807, 2.05) is 0 Å². The van der Waals surface area contributed by atoms with E-state index < -0.39 is 0 Å². The number of aliphatic hydroxyl groups is 1. The average Bonchev–Trinajstić information content (AvgIpc) is 3.48. The fourth-order valence-electron chi connectivity index (χ4n) is 6.87. The minimum absolute atomic E-state index is 0.141. The molecule has 4 aliphatic rings. The number of aliphatic imine (C=N–C) groups is 1. The van der Waals surface area contributed by atoms with Gasteiger partial charge >= 0.3 is 0 Å². The standard InChI is InChI=1S/C31H40N4O2/c1-23(16-24-6-4-3-5-7-24)20-33-10-12-34(13-11-33)21-26-19-32-30-27(26)22-37-29-17-28-25(18-31(29,30)2)8-9-35(28)14-15-36/h3-9,16-17,26-27,36H,10-15,18-22H2,1-2H3/b23-16+. The summed E-state index contributed by atoms with van der Waals surface area (Å²) in [6, 6.07) is 12.8. The fraction of sp³-hybridized carbons (Fsp3) is 0.516. The highest BCUT2D eigenvalue weighted by molar-refractivity contribution is 5.98. The van der Waals surface area contributed by atoms with Crippen LogP contribution in [0.4, 0.5) is 0 Å². The van der Waals surface area contributed by atoms with Gasteiger partial charge in [0.15, 0.2) is 0 Å². The Hall–Kier alpha value is -2.67. The zero-order valence-electron chi connectivity index (χ0n) is 22.3. The third-order valence-electron chi connectivity index (χ3n) is 8.83. The van der Waals surface area contributed by atoms with E-state index in [0.29, 0.717) is 18.4 Å². The highest BCUT2D eigenvalue weighted by Crippen LogP contribution is 2.48. The van der Waals surface area contributed by atoms with Crippen LogP contribution in [0.15, 0.2) is 58.9 Å². The summed E-state index contributed by atoms with van der Waals surface area (Å²) in [5.41, 5.74) is 6.44. The first-order valence-electron chi connectivity index (χ1n) is 13.9. The summed E-state index contributed by atoms with van der Waals surface area (Å²) in [5, 5.41) is 9.42. The third-order valence-corrected chi connectivity index (χ3v) is 8.83. The fourth-order valence-corrected chi connectivity index (χ4v) is 6.87. The van der Waals surface area contributed by atoms with Crippen molar-refractivity contribution in [1.82, 2.24) is 14.4 Å². The Morgan fingerprint density at radius 3 is 2.70 bits per heavy atom. The van der Waals surface area contributed by atoms with Crippen LogP contribution in [0.2, 0.25) is 0 Å². The molecule has 0 radical (unpaired) electrons. The Bertz CT molecular complexity index is 1210. The molecule has 3 unspecified atom stereocenters. The lowest BCUT2D eigenvalue weighted by atomic mass is 9.67. The van der Waals surface area contributed by atoms with Crippen LogP contribution in [0.5, 0.6) is 0 Å². The van der Waals surface area contributed by atoms with E-state index in [0.717, 1.165) is 64.6 Å². The van der Waals surface area contributed by atoms with E-state index in [4.69, 9.17) is 9.73 Å². The first-order chi connectivity index (χ1) is 18.0.